The lowest BCUT2D eigenvalue weighted by molar-refractivity contribution is -0.274. The second kappa shape index (κ2) is 13.4. The molecule has 1 N–H and O–H groups in total. The molecule has 2 aliphatic rings. The standard InChI is InChI=1S/C34H33F3N6O2S/c1-22(2)27-7-3-4-10-30(27)42-19-6-20-46-33(42)40-32(44)39-29-9-5-8-28(29)23-11-13-24(14-12-23)31-38-21-43(41-31)25-15-17-26(18-16-25)45-34(35,36)37/h3-4,7,10-18,21-22H,5-6,8-9,19-20H2,1-2H3,(H,39,44). The number of hydrogen-bond donors (Lipinski definition) is 1. The molecule has 0 bridgehead atoms. The number of amidine groups is 1. The van der Waals surface area contributed by atoms with Crippen molar-refractivity contribution in [3.63, 3.8) is 0 Å². The van der Waals surface area contributed by atoms with Crippen molar-refractivity contribution in [1.82, 2.24) is 20.1 Å². The maximum absolute atomic E-state index is 13.2. The van der Waals surface area contributed by atoms with Crippen molar-refractivity contribution in [2.45, 2.75) is 51.8 Å². The van der Waals surface area contributed by atoms with Gasteiger partial charge in [-0.05, 0) is 78.6 Å². The van der Waals surface area contributed by atoms with Gasteiger partial charge in [0.1, 0.15) is 12.1 Å². The third kappa shape index (κ3) is 7.28. The van der Waals surface area contributed by atoms with E-state index in [0.717, 1.165) is 71.2 Å². The number of carbonyl (C=O) groups excluding carboxylic acids is 1. The van der Waals surface area contributed by atoms with Gasteiger partial charge in [-0.15, -0.1) is 18.3 Å². The first-order valence-corrected chi connectivity index (χ1v) is 16.1. The van der Waals surface area contributed by atoms with Gasteiger partial charge in [0.2, 0.25) is 0 Å². The molecule has 1 aliphatic carbocycles. The number of amides is 2. The summed E-state index contributed by atoms with van der Waals surface area (Å²) in [5.41, 5.74) is 6.64. The number of benzene rings is 3. The van der Waals surface area contributed by atoms with Crippen molar-refractivity contribution in [2.24, 2.45) is 4.99 Å². The van der Waals surface area contributed by atoms with E-state index in [0.29, 0.717) is 17.4 Å². The van der Waals surface area contributed by atoms with Crippen LogP contribution >= 0.6 is 11.8 Å². The van der Waals surface area contributed by atoms with Crippen LogP contribution in [0.25, 0.3) is 22.6 Å². The third-order valence-electron chi connectivity index (χ3n) is 7.83. The van der Waals surface area contributed by atoms with Crippen LogP contribution in [0.4, 0.5) is 23.7 Å². The Morgan fingerprint density at radius 2 is 1.72 bits per heavy atom. The highest BCUT2D eigenvalue weighted by molar-refractivity contribution is 8.14. The van der Waals surface area contributed by atoms with Crippen molar-refractivity contribution in [1.29, 1.82) is 0 Å². The molecule has 0 spiro atoms. The van der Waals surface area contributed by atoms with Crippen LogP contribution in [0.15, 0.2) is 89.8 Å². The Hall–Kier alpha value is -4.58. The fourth-order valence-electron chi connectivity index (χ4n) is 5.68. The highest BCUT2D eigenvalue weighted by Crippen LogP contribution is 2.35. The maximum atomic E-state index is 13.2. The first kappa shape index (κ1) is 31.4. The summed E-state index contributed by atoms with van der Waals surface area (Å²) in [6.45, 7) is 5.16. The van der Waals surface area contributed by atoms with Crippen LogP contribution in [0.2, 0.25) is 0 Å². The van der Waals surface area contributed by atoms with Gasteiger partial charge in [0.25, 0.3) is 0 Å². The Morgan fingerprint density at radius 3 is 2.46 bits per heavy atom. The smallest absolute Gasteiger partial charge is 0.406 e. The molecule has 1 saturated heterocycles. The summed E-state index contributed by atoms with van der Waals surface area (Å²) in [7, 11) is 0. The van der Waals surface area contributed by atoms with E-state index in [1.807, 2.05) is 36.4 Å². The summed E-state index contributed by atoms with van der Waals surface area (Å²) in [6.07, 6.45) is 0.316. The van der Waals surface area contributed by atoms with Gasteiger partial charge in [0, 0.05) is 29.2 Å². The molecule has 1 fully saturated rings. The fourth-order valence-corrected chi connectivity index (χ4v) is 6.63. The van der Waals surface area contributed by atoms with Crippen LogP contribution in [0.3, 0.4) is 0 Å². The number of thioether (sulfide) groups is 1. The predicted molar refractivity (Wildman–Crippen MR) is 175 cm³/mol. The first-order valence-electron chi connectivity index (χ1n) is 15.1. The molecule has 8 nitrogen and oxygen atoms in total. The van der Waals surface area contributed by atoms with Crippen molar-refractivity contribution in [2.75, 3.05) is 17.2 Å². The Labute approximate surface area is 269 Å². The molecule has 3 aromatic carbocycles. The molecular weight excluding hydrogens is 613 g/mol. The largest absolute Gasteiger partial charge is 0.573 e. The number of carbonyl (C=O) groups is 1. The number of nitrogens with one attached hydrogen (secondary N) is 1. The zero-order valence-corrected chi connectivity index (χ0v) is 26.2. The van der Waals surface area contributed by atoms with Crippen LogP contribution in [0.5, 0.6) is 5.75 Å². The number of rotatable bonds is 7. The van der Waals surface area contributed by atoms with Gasteiger partial charge in [-0.1, -0.05) is 68.1 Å². The molecule has 2 amide bonds. The molecule has 1 aromatic heterocycles. The van der Waals surface area contributed by atoms with Gasteiger partial charge in [0.05, 0.1) is 5.69 Å². The third-order valence-corrected chi connectivity index (χ3v) is 8.89. The Morgan fingerprint density at radius 1 is 0.978 bits per heavy atom. The molecule has 2 heterocycles. The molecule has 0 saturated carbocycles. The van der Waals surface area contributed by atoms with E-state index in [2.05, 4.69) is 56.0 Å². The van der Waals surface area contributed by atoms with E-state index >= 15 is 0 Å². The molecule has 0 atom stereocenters. The Kier molecular flexibility index (Phi) is 9.16. The monoisotopic (exact) mass is 646 g/mol. The normalized spacial score (nSPS) is 16.4. The van der Waals surface area contributed by atoms with E-state index in [1.165, 1.54) is 40.8 Å². The van der Waals surface area contributed by atoms with Crippen LogP contribution in [-0.2, 0) is 0 Å². The quantitative estimate of drug-likeness (QED) is 0.217. The summed E-state index contributed by atoms with van der Waals surface area (Å²) in [4.78, 5) is 24.3. The predicted octanol–water partition coefficient (Wildman–Crippen LogP) is 8.56. The second-order valence-electron chi connectivity index (χ2n) is 11.3. The van der Waals surface area contributed by atoms with Crippen molar-refractivity contribution >= 4 is 34.2 Å². The van der Waals surface area contributed by atoms with Gasteiger partial charge in [0.15, 0.2) is 11.0 Å². The zero-order valence-electron chi connectivity index (χ0n) is 25.4. The molecule has 238 valence electrons. The number of allylic oxidation sites excluding steroid dienone is 2. The van der Waals surface area contributed by atoms with Crippen LogP contribution in [0, 0.1) is 0 Å². The van der Waals surface area contributed by atoms with Crippen molar-refractivity contribution in [3.8, 4) is 22.8 Å². The Bertz CT molecular complexity index is 1760. The number of hydrogen-bond acceptors (Lipinski definition) is 5. The fraction of sp³-hybridized carbons (Fsp3) is 0.294. The summed E-state index contributed by atoms with van der Waals surface area (Å²) < 4.78 is 42.8. The van der Waals surface area contributed by atoms with E-state index in [9.17, 15) is 18.0 Å². The zero-order chi connectivity index (χ0) is 32.3. The minimum Gasteiger partial charge on any atom is -0.406 e. The van der Waals surface area contributed by atoms with Crippen LogP contribution < -0.4 is 15.0 Å². The summed E-state index contributed by atoms with van der Waals surface area (Å²) >= 11 is 1.61. The topological polar surface area (TPSA) is 84.6 Å². The number of aliphatic imine (C=N–C) groups is 1. The van der Waals surface area contributed by atoms with E-state index < -0.39 is 6.36 Å². The number of nitrogens with zero attached hydrogens (tertiary/aromatic N) is 5. The molecule has 12 heteroatoms. The molecule has 4 aromatic rings. The number of aromatic nitrogens is 3. The molecular formula is C34H33F3N6O2S. The number of anilines is 1. The molecule has 0 unspecified atom stereocenters. The lowest BCUT2D eigenvalue weighted by atomic mass is 10.0. The summed E-state index contributed by atoms with van der Waals surface area (Å²) in [5, 5.41) is 8.29. The van der Waals surface area contributed by atoms with Gasteiger partial charge in [-0.2, -0.15) is 4.99 Å². The second-order valence-corrected chi connectivity index (χ2v) is 12.4. The number of alkyl halides is 3. The average molecular weight is 647 g/mol. The molecule has 1 aliphatic heterocycles. The minimum absolute atomic E-state index is 0.307. The molecule has 6 rings (SSSR count). The molecule has 0 radical (unpaired) electrons. The average Bonchev–Trinajstić information content (AvgIpc) is 3.71. The van der Waals surface area contributed by atoms with Gasteiger partial charge in [-0.3, -0.25) is 0 Å². The van der Waals surface area contributed by atoms with Crippen LogP contribution in [-0.4, -0.2) is 44.6 Å². The number of ether oxygens (including phenoxy) is 1. The lowest BCUT2D eigenvalue weighted by Crippen LogP contribution is -2.36. The first-order chi connectivity index (χ1) is 22.1. The highest BCUT2D eigenvalue weighted by atomic mass is 32.2. The van der Waals surface area contributed by atoms with E-state index in [1.54, 1.807) is 11.8 Å². The van der Waals surface area contributed by atoms with E-state index in [-0.39, 0.29) is 11.8 Å². The van der Waals surface area contributed by atoms with E-state index in [4.69, 9.17) is 0 Å². The van der Waals surface area contributed by atoms with Gasteiger partial charge in [-0.25, -0.2) is 14.5 Å². The molecule has 46 heavy (non-hydrogen) atoms. The van der Waals surface area contributed by atoms with Gasteiger partial charge >= 0.3 is 12.4 Å². The highest BCUT2D eigenvalue weighted by Gasteiger charge is 2.31. The number of para-hydroxylation sites is 1. The maximum Gasteiger partial charge on any atom is 0.573 e. The van der Waals surface area contributed by atoms with Crippen LogP contribution in [0.1, 0.15) is 56.6 Å². The SMILES string of the molecule is CC(C)c1ccccc1N1CCCSC1=NC(=O)NC1=C(c2ccc(-c3ncn(-c4ccc(OC(F)(F)F)cc4)n3)cc2)CCC1. The van der Waals surface area contributed by atoms with Crippen molar-refractivity contribution < 1.29 is 22.7 Å². The van der Waals surface area contributed by atoms with Crippen molar-refractivity contribution in [3.05, 3.63) is 95.9 Å². The minimum atomic E-state index is -4.75. The van der Waals surface area contributed by atoms with Gasteiger partial charge < -0.3 is 15.0 Å². The summed E-state index contributed by atoms with van der Waals surface area (Å²) in [6, 6.07) is 21.2. The lowest BCUT2D eigenvalue weighted by Gasteiger charge is -2.31. The number of halogens is 3. The number of urea groups is 1. The summed E-state index contributed by atoms with van der Waals surface area (Å²) in [5.74, 6) is 1.44. The Balaban J connectivity index is 1.16.